The lowest BCUT2D eigenvalue weighted by molar-refractivity contribution is -0.116. The smallest absolute Gasteiger partial charge is 0.227 e. The summed E-state index contributed by atoms with van der Waals surface area (Å²) in [5.41, 5.74) is 2.30. The molecule has 3 rings (SSSR count). The van der Waals surface area contributed by atoms with Gasteiger partial charge in [0.25, 0.3) is 0 Å². The van der Waals surface area contributed by atoms with Crippen molar-refractivity contribution in [3.05, 3.63) is 36.1 Å². The summed E-state index contributed by atoms with van der Waals surface area (Å²) < 4.78 is 4.92. The molecule has 2 N–H and O–H groups in total. The molecule has 25 heavy (non-hydrogen) atoms. The van der Waals surface area contributed by atoms with E-state index in [-0.39, 0.29) is 5.91 Å². The molecule has 0 bridgehead atoms. The molecule has 2 heterocycles. The van der Waals surface area contributed by atoms with Gasteiger partial charge < -0.3 is 20.1 Å². The van der Waals surface area contributed by atoms with Crippen LogP contribution in [0.2, 0.25) is 0 Å². The maximum atomic E-state index is 11.9. The van der Waals surface area contributed by atoms with Crippen LogP contribution in [0.15, 0.2) is 34.9 Å². The van der Waals surface area contributed by atoms with Crippen LogP contribution in [0.5, 0.6) is 0 Å². The van der Waals surface area contributed by atoms with E-state index in [2.05, 4.69) is 51.9 Å². The van der Waals surface area contributed by atoms with Gasteiger partial charge in [-0.3, -0.25) is 4.79 Å². The first-order valence-electron chi connectivity index (χ1n) is 8.92. The second-order valence-corrected chi connectivity index (χ2v) is 6.76. The van der Waals surface area contributed by atoms with E-state index < -0.39 is 0 Å². The third-order valence-electron chi connectivity index (χ3n) is 4.59. The molecule has 0 atom stereocenters. The second kappa shape index (κ2) is 8.05. The minimum atomic E-state index is -0.0835. The highest BCUT2D eigenvalue weighted by Gasteiger charge is 2.15. The van der Waals surface area contributed by atoms with Crippen molar-refractivity contribution in [1.29, 1.82) is 0 Å². The van der Waals surface area contributed by atoms with Crippen LogP contribution in [0.25, 0.3) is 0 Å². The number of nitrogens with zero attached hydrogens (tertiary/aromatic N) is 2. The molecule has 6 heteroatoms. The number of aryl methyl sites for hydroxylation is 1. The van der Waals surface area contributed by atoms with Crippen molar-refractivity contribution in [2.24, 2.45) is 5.92 Å². The van der Waals surface area contributed by atoms with Gasteiger partial charge in [0, 0.05) is 43.5 Å². The number of rotatable bonds is 6. The monoisotopic (exact) mass is 342 g/mol. The number of anilines is 3. The molecule has 0 aliphatic carbocycles. The topological polar surface area (TPSA) is 70.4 Å². The summed E-state index contributed by atoms with van der Waals surface area (Å²) in [7, 11) is 0. The highest BCUT2D eigenvalue weighted by molar-refractivity contribution is 5.90. The molecule has 0 unspecified atom stereocenters. The Balaban J connectivity index is 1.42. The molecule has 0 saturated carbocycles. The van der Waals surface area contributed by atoms with E-state index >= 15 is 0 Å². The first-order chi connectivity index (χ1) is 12.1. The summed E-state index contributed by atoms with van der Waals surface area (Å²) in [6.07, 6.45) is 2.90. The minimum Gasteiger partial charge on any atom is -0.385 e. The summed E-state index contributed by atoms with van der Waals surface area (Å²) in [6.45, 7) is 6.96. The molecule has 134 valence electrons. The Morgan fingerprint density at radius 3 is 2.64 bits per heavy atom. The van der Waals surface area contributed by atoms with Gasteiger partial charge in [0.05, 0.1) is 0 Å². The summed E-state index contributed by atoms with van der Waals surface area (Å²) in [4.78, 5) is 14.3. The largest absolute Gasteiger partial charge is 0.385 e. The fraction of sp³-hybridized carbons (Fsp3) is 0.474. The molecule has 1 aromatic heterocycles. The Bertz CT molecular complexity index is 688. The van der Waals surface area contributed by atoms with Crippen LogP contribution < -0.4 is 15.5 Å². The van der Waals surface area contributed by atoms with E-state index in [0.29, 0.717) is 24.5 Å². The van der Waals surface area contributed by atoms with Gasteiger partial charge in [-0.2, -0.15) is 0 Å². The number of nitrogens with one attached hydrogen (secondary N) is 2. The molecule has 1 saturated heterocycles. The van der Waals surface area contributed by atoms with Gasteiger partial charge in [0.1, 0.15) is 5.76 Å². The Morgan fingerprint density at radius 2 is 2.00 bits per heavy atom. The van der Waals surface area contributed by atoms with Gasteiger partial charge in [0.2, 0.25) is 5.91 Å². The molecule has 1 aromatic carbocycles. The maximum Gasteiger partial charge on any atom is 0.227 e. The van der Waals surface area contributed by atoms with Crippen molar-refractivity contribution in [2.75, 3.05) is 35.2 Å². The number of hydrogen-bond donors (Lipinski definition) is 2. The lowest BCUT2D eigenvalue weighted by Crippen LogP contribution is -2.32. The Kier molecular flexibility index (Phi) is 5.58. The Hall–Kier alpha value is -2.50. The van der Waals surface area contributed by atoms with Crippen molar-refractivity contribution in [3.8, 4) is 0 Å². The lowest BCUT2D eigenvalue weighted by atomic mass is 9.99. The fourth-order valence-electron chi connectivity index (χ4n) is 3.01. The molecule has 0 radical (unpaired) electrons. The summed E-state index contributed by atoms with van der Waals surface area (Å²) in [5, 5.41) is 9.74. The number of hydrogen-bond acceptors (Lipinski definition) is 5. The Labute approximate surface area is 148 Å². The van der Waals surface area contributed by atoms with Crippen molar-refractivity contribution < 1.29 is 9.32 Å². The second-order valence-electron chi connectivity index (χ2n) is 6.76. The molecule has 1 fully saturated rings. The summed E-state index contributed by atoms with van der Waals surface area (Å²) in [5.74, 6) is 1.89. The van der Waals surface area contributed by atoms with Crippen LogP contribution in [0.3, 0.4) is 0 Å². The number of piperidine rings is 1. The number of carbonyl (C=O) groups is 1. The third-order valence-corrected chi connectivity index (χ3v) is 4.59. The van der Waals surface area contributed by atoms with Crippen molar-refractivity contribution in [2.45, 2.75) is 33.1 Å². The van der Waals surface area contributed by atoms with Crippen molar-refractivity contribution in [3.63, 3.8) is 0 Å². The molecule has 2 aromatic rings. The predicted molar refractivity (Wildman–Crippen MR) is 100 cm³/mol. The van der Waals surface area contributed by atoms with Gasteiger partial charge in [-0.05, 0) is 49.9 Å². The normalized spacial score (nSPS) is 15.2. The maximum absolute atomic E-state index is 11.9. The van der Waals surface area contributed by atoms with Crippen molar-refractivity contribution >= 4 is 23.1 Å². The average molecular weight is 342 g/mol. The summed E-state index contributed by atoms with van der Waals surface area (Å²) in [6, 6.07) is 10.1. The van der Waals surface area contributed by atoms with E-state index in [0.717, 1.165) is 24.7 Å². The number of amides is 1. The molecule has 1 aliphatic heterocycles. The quantitative estimate of drug-likeness (QED) is 0.838. The minimum absolute atomic E-state index is 0.0835. The predicted octanol–water partition coefficient (Wildman–Crippen LogP) is 3.66. The Morgan fingerprint density at radius 1 is 1.28 bits per heavy atom. The number of aromatic nitrogens is 1. The highest BCUT2D eigenvalue weighted by Crippen LogP contribution is 2.24. The summed E-state index contributed by atoms with van der Waals surface area (Å²) >= 11 is 0. The molecule has 0 spiro atoms. The van der Waals surface area contributed by atoms with Gasteiger partial charge in [-0.25, -0.2) is 0 Å². The van der Waals surface area contributed by atoms with E-state index in [1.165, 1.54) is 18.5 Å². The molecular weight excluding hydrogens is 316 g/mol. The van der Waals surface area contributed by atoms with Crippen molar-refractivity contribution in [1.82, 2.24) is 5.16 Å². The molecular formula is C19H26N4O2. The average Bonchev–Trinajstić information content (AvgIpc) is 3.01. The lowest BCUT2D eigenvalue weighted by Gasteiger charge is -2.32. The van der Waals surface area contributed by atoms with Gasteiger partial charge in [0.15, 0.2) is 5.82 Å². The van der Waals surface area contributed by atoms with Gasteiger partial charge >= 0.3 is 0 Å². The third kappa shape index (κ3) is 4.98. The van der Waals surface area contributed by atoms with E-state index in [9.17, 15) is 4.79 Å². The highest BCUT2D eigenvalue weighted by atomic mass is 16.5. The zero-order valence-corrected chi connectivity index (χ0v) is 14.9. The van der Waals surface area contributed by atoms with Crippen LogP contribution in [-0.4, -0.2) is 30.7 Å². The van der Waals surface area contributed by atoms with E-state index in [1.54, 1.807) is 13.0 Å². The van der Waals surface area contributed by atoms with E-state index in [4.69, 9.17) is 4.52 Å². The van der Waals surface area contributed by atoms with Crippen LogP contribution >= 0.6 is 0 Å². The van der Waals surface area contributed by atoms with Crippen LogP contribution in [0.4, 0.5) is 17.2 Å². The molecule has 6 nitrogen and oxygen atoms in total. The fourth-order valence-corrected chi connectivity index (χ4v) is 3.01. The standard InChI is InChI=1S/C19H26N4O2/c1-14-8-11-23(12-9-14)17-5-3-16(4-6-17)20-10-7-19(24)21-18-13-15(2)25-22-18/h3-6,13-14,20H,7-12H2,1-2H3,(H,21,22,24). The van der Waals surface area contributed by atoms with Gasteiger partial charge in [-0.15, -0.1) is 0 Å². The number of benzene rings is 1. The van der Waals surface area contributed by atoms with E-state index in [1.807, 2.05) is 0 Å². The first kappa shape index (κ1) is 17.3. The zero-order chi connectivity index (χ0) is 17.6. The SMILES string of the molecule is Cc1cc(NC(=O)CCNc2ccc(N3CCC(C)CC3)cc2)no1. The van der Waals surface area contributed by atoms with Crippen LogP contribution in [0.1, 0.15) is 31.9 Å². The van der Waals surface area contributed by atoms with Gasteiger partial charge in [-0.1, -0.05) is 12.1 Å². The molecule has 1 aliphatic rings. The number of carbonyl (C=O) groups excluding carboxylic acids is 1. The first-order valence-corrected chi connectivity index (χ1v) is 8.92. The molecule has 1 amide bonds. The van der Waals surface area contributed by atoms with Crippen LogP contribution in [0, 0.1) is 12.8 Å². The van der Waals surface area contributed by atoms with Crippen LogP contribution in [-0.2, 0) is 4.79 Å². The zero-order valence-electron chi connectivity index (χ0n) is 14.9.